The van der Waals surface area contributed by atoms with E-state index in [0.29, 0.717) is 0 Å². The molecule has 4 aliphatic heterocycles. The van der Waals surface area contributed by atoms with Crippen molar-refractivity contribution in [3.05, 3.63) is 119 Å². The van der Waals surface area contributed by atoms with Crippen LogP contribution in [0, 0.1) is 0 Å². The molecule has 6 nitrogen and oxygen atoms in total. The predicted molar refractivity (Wildman–Crippen MR) is 135 cm³/mol. The zero-order valence-electron chi connectivity index (χ0n) is 20.0. The van der Waals surface area contributed by atoms with Crippen LogP contribution in [0.15, 0.2) is 91.5 Å². The van der Waals surface area contributed by atoms with Crippen LogP contribution in [0.5, 0.6) is 0 Å². The molecular weight excluding hydrogens is 456 g/mol. The number of aryl methyl sites for hydroxylation is 1. The van der Waals surface area contributed by atoms with Crippen LogP contribution in [0.25, 0.3) is 0 Å². The van der Waals surface area contributed by atoms with Gasteiger partial charge in [-0.15, -0.1) is 6.58 Å². The minimum absolute atomic E-state index is 0.168. The highest BCUT2D eigenvalue weighted by molar-refractivity contribution is 5.90. The number of carbonyl (C=O) groups is 2. The van der Waals surface area contributed by atoms with Crippen molar-refractivity contribution in [3.63, 3.8) is 0 Å². The van der Waals surface area contributed by atoms with Gasteiger partial charge in [0.05, 0.1) is 11.1 Å². The monoisotopic (exact) mass is 486 g/mol. The molecular formula is C30H30O6. The lowest BCUT2D eigenvalue weighted by molar-refractivity contribution is -0.209. The van der Waals surface area contributed by atoms with Gasteiger partial charge in [0.2, 0.25) is 0 Å². The molecule has 0 spiro atoms. The third kappa shape index (κ3) is 6.27. The summed E-state index contributed by atoms with van der Waals surface area (Å²) in [4.78, 5) is 24.9. The smallest absolute Gasteiger partial charge is 0.340 e. The second-order valence-electron chi connectivity index (χ2n) is 9.01. The number of esters is 2. The van der Waals surface area contributed by atoms with Gasteiger partial charge in [0, 0.05) is 0 Å². The lowest BCUT2D eigenvalue weighted by Gasteiger charge is -2.24. The molecule has 36 heavy (non-hydrogen) atoms. The first-order valence-electron chi connectivity index (χ1n) is 12.1. The van der Waals surface area contributed by atoms with Crippen LogP contribution in [0.2, 0.25) is 0 Å². The molecule has 4 bridgehead atoms. The number of benzene rings is 3. The van der Waals surface area contributed by atoms with E-state index in [4.69, 9.17) is 9.47 Å². The normalized spacial score (nSPS) is 22.5. The first kappa shape index (κ1) is 25.4. The highest BCUT2D eigenvalue weighted by Gasteiger charge is 2.27. The van der Waals surface area contributed by atoms with Gasteiger partial charge in [-0.3, -0.25) is 0 Å². The minimum atomic E-state index is -2.02. The van der Waals surface area contributed by atoms with Crippen LogP contribution in [0.1, 0.15) is 68.5 Å². The van der Waals surface area contributed by atoms with E-state index in [-0.39, 0.29) is 23.0 Å². The maximum Gasteiger partial charge on any atom is 0.340 e. The molecule has 3 aromatic rings. The first-order chi connectivity index (χ1) is 17.4. The number of hydrogen-bond donors (Lipinski definition) is 2. The summed E-state index contributed by atoms with van der Waals surface area (Å²) in [5.41, 5.74) is 3.85. The Labute approximate surface area is 210 Å². The van der Waals surface area contributed by atoms with Crippen LogP contribution in [0.4, 0.5) is 0 Å². The highest BCUT2D eigenvalue weighted by Crippen LogP contribution is 2.36. The molecule has 2 unspecified atom stereocenters. The van der Waals surface area contributed by atoms with Gasteiger partial charge in [0.25, 0.3) is 12.6 Å². The molecule has 3 aromatic carbocycles. The fourth-order valence-electron chi connectivity index (χ4n) is 4.57. The Bertz CT molecular complexity index is 1170. The molecule has 186 valence electrons. The van der Waals surface area contributed by atoms with Crippen molar-refractivity contribution in [3.8, 4) is 0 Å². The average Bonchev–Trinajstić information content (AvgIpc) is 2.90. The van der Waals surface area contributed by atoms with Crippen molar-refractivity contribution < 1.29 is 29.3 Å². The minimum Gasteiger partial charge on any atom is -0.425 e. The topological polar surface area (TPSA) is 93.1 Å². The first-order valence-corrected chi connectivity index (χ1v) is 12.1. The summed E-state index contributed by atoms with van der Waals surface area (Å²) >= 11 is 0. The van der Waals surface area contributed by atoms with E-state index >= 15 is 0 Å². The van der Waals surface area contributed by atoms with E-state index in [1.807, 2.05) is 48.5 Å². The van der Waals surface area contributed by atoms with Crippen molar-refractivity contribution in [2.45, 2.75) is 50.1 Å². The Balaban J connectivity index is 1.70. The third-order valence-corrected chi connectivity index (χ3v) is 6.58. The third-order valence-electron chi connectivity index (χ3n) is 6.58. The van der Waals surface area contributed by atoms with Crippen molar-refractivity contribution in [2.75, 3.05) is 0 Å². The number of carbonyl (C=O) groups excluding carboxylic acids is 2. The van der Waals surface area contributed by atoms with Gasteiger partial charge in [-0.1, -0.05) is 60.7 Å². The van der Waals surface area contributed by atoms with E-state index in [9.17, 15) is 19.8 Å². The Morgan fingerprint density at radius 3 is 1.75 bits per heavy atom. The van der Waals surface area contributed by atoms with Crippen molar-refractivity contribution in [2.24, 2.45) is 0 Å². The average molecular weight is 487 g/mol. The second kappa shape index (κ2) is 11.8. The van der Waals surface area contributed by atoms with E-state index in [1.165, 1.54) is 5.56 Å². The van der Waals surface area contributed by atoms with Gasteiger partial charge in [0.1, 0.15) is 0 Å². The van der Waals surface area contributed by atoms with E-state index in [1.54, 1.807) is 24.3 Å². The van der Waals surface area contributed by atoms with Gasteiger partial charge in [-0.2, -0.15) is 0 Å². The Hall–Kier alpha value is -3.74. The molecule has 0 amide bonds. The SMILES string of the molecule is C=CCC1CC(CCc2ccccc2)c2ccc(cc2)C(=O)O[C@H](O)[C@@H](O)OC(=O)c2ccc1cc2. The molecule has 0 aromatic heterocycles. The fourth-order valence-corrected chi connectivity index (χ4v) is 4.57. The molecule has 6 heteroatoms. The van der Waals surface area contributed by atoms with Crippen LogP contribution in [0.3, 0.4) is 0 Å². The molecule has 4 heterocycles. The molecule has 4 atom stereocenters. The van der Waals surface area contributed by atoms with Crippen LogP contribution in [-0.4, -0.2) is 34.7 Å². The molecule has 0 saturated carbocycles. The molecule has 2 N–H and O–H groups in total. The zero-order valence-corrected chi connectivity index (χ0v) is 20.0. The number of aliphatic hydroxyl groups is 2. The lowest BCUT2D eigenvalue weighted by Crippen LogP contribution is -2.35. The molecule has 7 rings (SSSR count). The Morgan fingerprint density at radius 2 is 1.25 bits per heavy atom. The van der Waals surface area contributed by atoms with Crippen molar-refractivity contribution >= 4 is 11.9 Å². The van der Waals surface area contributed by atoms with E-state index in [0.717, 1.165) is 36.8 Å². The summed E-state index contributed by atoms with van der Waals surface area (Å²) in [6, 6.07) is 24.4. The molecule has 0 radical (unpaired) electrons. The zero-order chi connectivity index (χ0) is 25.5. The van der Waals surface area contributed by atoms with E-state index < -0.39 is 24.5 Å². The summed E-state index contributed by atoms with van der Waals surface area (Å²) < 4.78 is 9.79. The summed E-state index contributed by atoms with van der Waals surface area (Å²) in [7, 11) is 0. The van der Waals surface area contributed by atoms with Gasteiger partial charge >= 0.3 is 11.9 Å². The standard InChI is InChI=1S/C30H30O6/c1-2-6-25-19-26(10-9-20-7-4-3-5-8-20)22-13-17-24(18-14-22)28(32)36-30(34)29(33)35-27(31)23-15-11-21(25)12-16-23/h2-5,7-8,11-18,25-26,29-30,33-34H,1,6,9-10,19H2/t25?,26?,29-,30-/m0/s1. The Kier molecular flexibility index (Phi) is 8.31. The lowest BCUT2D eigenvalue weighted by atomic mass is 9.80. The number of aliphatic hydroxyl groups excluding tert-OH is 2. The number of ether oxygens (including phenoxy) is 2. The number of hydrogen-bond acceptors (Lipinski definition) is 6. The number of rotatable bonds is 5. The van der Waals surface area contributed by atoms with Gasteiger partial charge < -0.3 is 19.7 Å². The molecule has 0 saturated heterocycles. The maximum absolute atomic E-state index is 12.5. The summed E-state index contributed by atoms with van der Waals surface area (Å²) in [5, 5.41) is 20.1. The maximum atomic E-state index is 12.5. The van der Waals surface area contributed by atoms with Crippen molar-refractivity contribution in [1.82, 2.24) is 0 Å². The fraction of sp³-hybridized carbons (Fsp3) is 0.267. The predicted octanol–water partition coefficient (Wildman–Crippen LogP) is 5.12. The molecule has 0 fully saturated rings. The molecule has 4 aliphatic rings. The number of allylic oxidation sites excluding steroid dienone is 1. The Morgan fingerprint density at radius 1 is 0.750 bits per heavy atom. The second-order valence-corrected chi connectivity index (χ2v) is 9.01. The van der Waals surface area contributed by atoms with Crippen LogP contribution < -0.4 is 0 Å². The van der Waals surface area contributed by atoms with Crippen LogP contribution >= 0.6 is 0 Å². The summed E-state index contributed by atoms with van der Waals surface area (Å²) in [6.07, 6.45) is 1.30. The van der Waals surface area contributed by atoms with Gasteiger partial charge in [0.15, 0.2) is 0 Å². The molecule has 0 aliphatic carbocycles. The summed E-state index contributed by atoms with van der Waals surface area (Å²) in [6.45, 7) is 3.95. The van der Waals surface area contributed by atoms with E-state index in [2.05, 4.69) is 18.7 Å². The van der Waals surface area contributed by atoms with Crippen molar-refractivity contribution in [1.29, 1.82) is 0 Å². The highest BCUT2D eigenvalue weighted by atomic mass is 16.7. The van der Waals surface area contributed by atoms with Gasteiger partial charge in [-0.25, -0.2) is 9.59 Å². The quantitative estimate of drug-likeness (QED) is 0.384. The summed E-state index contributed by atoms with van der Waals surface area (Å²) in [5.74, 6) is -1.30. The van der Waals surface area contributed by atoms with Crippen LogP contribution in [-0.2, 0) is 15.9 Å². The largest absolute Gasteiger partial charge is 0.425 e. The van der Waals surface area contributed by atoms with Gasteiger partial charge in [-0.05, 0) is 78.5 Å².